The zero-order valence-electron chi connectivity index (χ0n) is 25.4. The van der Waals surface area contributed by atoms with Crippen molar-refractivity contribution in [1.82, 2.24) is 0 Å². The van der Waals surface area contributed by atoms with E-state index in [-0.39, 0.29) is 21.3 Å². The Morgan fingerprint density at radius 3 is 1.28 bits per heavy atom. The summed E-state index contributed by atoms with van der Waals surface area (Å²) < 4.78 is 61.8. The molecule has 0 aliphatic rings. The molecule has 0 saturated carbocycles. The van der Waals surface area contributed by atoms with Crippen LogP contribution in [0, 0.1) is 0 Å². The summed E-state index contributed by atoms with van der Waals surface area (Å²) >= 11 is 0. The number of anilines is 2. The van der Waals surface area contributed by atoms with Crippen LogP contribution in [0.25, 0.3) is 21.5 Å². The average molecular weight is 707 g/mol. The molecule has 16 heteroatoms. The van der Waals surface area contributed by atoms with Gasteiger partial charge in [0.15, 0.2) is 0 Å². The van der Waals surface area contributed by atoms with Gasteiger partial charge in [-0.05, 0) is 24.3 Å². The Balaban J connectivity index is 1.32. The maximum absolute atomic E-state index is 13.0. The van der Waals surface area contributed by atoms with Crippen molar-refractivity contribution in [3.8, 4) is 0 Å². The first kappa shape index (κ1) is 35.3. The standard InChI is InChI=1S/C30H34N4O8S4/c1-33(2)25-13-5-11-21-19(25)9-7-15-27(21)45(37,38)41-29(35)23(31)17-43-44-18-24(32)30(36)42-46(39,40)28-16-8-10-20-22(28)12-6-14-26(20)34(3)4/h5-16,23-24H,17-18,31-32H2,1-4H3/t23-,24?/m0/s1. The molecule has 4 aromatic rings. The van der Waals surface area contributed by atoms with Crippen LogP contribution in [0.15, 0.2) is 82.6 Å². The van der Waals surface area contributed by atoms with E-state index >= 15 is 0 Å². The molecule has 4 N–H and O–H groups in total. The topological polar surface area (TPSA) is 179 Å². The molecule has 0 aliphatic carbocycles. The molecule has 0 bridgehead atoms. The third-order valence-electron chi connectivity index (χ3n) is 6.79. The number of hydrogen-bond acceptors (Lipinski definition) is 14. The SMILES string of the molecule is CN(C)c1cccc2c(S(=O)(=O)OC(=O)C(N)CSSC[C@H](N)C(=O)OS(=O)(=O)c3cccc4c(N(C)C)cccc34)cccc12. The first-order chi connectivity index (χ1) is 21.6. The van der Waals surface area contributed by atoms with E-state index in [4.69, 9.17) is 19.8 Å². The zero-order valence-corrected chi connectivity index (χ0v) is 28.7. The van der Waals surface area contributed by atoms with E-state index in [0.717, 1.165) is 33.0 Å². The van der Waals surface area contributed by atoms with Crippen LogP contribution in [0.1, 0.15) is 0 Å². The minimum atomic E-state index is -4.49. The number of hydrogen-bond donors (Lipinski definition) is 2. The van der Waals surface area contributed by atoms with Crippen LogP contribution in [-0.2, 0) is 38.2 Å². The van der Waals surface area contributed by atoms with Crippen LogP contribution in [0.5, 0.6) is 0 Å². The normalized spacial score (nSPS) is 13.3. The van der Waals surface area contributed by atoms with Crippen LogP contribution in [0.3, 0.4) is 0 Å². The van der Waals surface area contributed by atoms with E-state index in [1.54, 1.807) is 48.5 Å². The molecule has 1 unspecified atom stereocenters. The van der Waals surface area contributed by atoms with Crippen molar-refractivity contribution in [3.63, 3.8) is 0 Å². The summed E-state index contributed by atoms with van der Waals surface area (Å²) in [7, 11) is 0.394. The summed E-state index contributed by atoms with van der Waals surface area (Å²) in [5.41, 5.74) is 13.4. The molecular weight excluding hydrogens is 673 g/mol. The van der Waals surface area contributed by atoms with E-state index in [1.807, 2.05) is 50.1 Å². The maximum atomic E-state index is 13.0. The molecule has 0 aromatic heterocycles. The number of carbonyl (C=O) groups is 2. The molecule has 0 aliphatic heterocycles. The van der Waals surface area contributed by atoms with Crippen molar-refractivity contribution in [3.05, 3.63) is 72.8 Å². The van der Waals surface area contributed by atoms with Gasteiger partial charge in [0, 0.05) is 72.6 Å². The molecule has 4 aromatic carbocycles. The lowest BCUT2D eigenvalue weighted by atomic mass is 10.1. The van der Waals surface area contributed by atoms with E-state index in [1.165, 1.54) is 12.1 Å². The first-order valence-electron chi connectivity index (χ1n) is 13.7. The predicted octanol–water partition coefficient (Wildman–Crippen LogP) is 3.33. The summed E-state index contributed by atoms with van der Waals surface area (Å²) in [6, 6.07) is 17.1. The minimum Gasteiger partial charge on any atom is -0.377 e. The van der Waals surface area contributed by atoms with Crippen LogP contribution >= 0.6 is 21.6 Å². The van der Waals surface area contributed by atoms with Gasteiger partial charge in [-0.25, -0.2) is 9.59 Å². The number of carbonyl (C=O) groups excluding carboxylic acids is 2. The Morgan fingerprint density at radius 1 is 0.609 bits per heavy atom. The fourth-order valence-corrected chi connectivity index (χ4v) is 9.01. The molecule has 0 radical (unpaired) electrons. The zero-order chi connectivity index (χ0) is 33.8. The van der Waals surface area contributed by atoms with Gasteiger partial charge in [-0.1, -0.05) is 70.1 Å². The highest BCUT2D eigenvalue weighted by molar-refractivity contribution is 8.76. The number of nitrogens with zero attached hydrogens (tertiary/aromatic N) is 2. The average Bonchev–Trinajstić information content (AvgIpc) is 3.00. The van der Waals surface area contributed by atoms with E-state index < -0.39 is 44.3 Å². The molecular formula is C30H34N4O8S4. The molecule has 0 fully saturated rings. The molecule has 2 atom stereocenters. The van der Waals surface area contributed by atoms with Gasteiger partial charge < -0.3 is 29.6 Å². The molecule has 0 heterocycles. The van der Waals surface area contributed by atoms with Crippen LogP contribution < -0.4 is 21.3 Å². The van der Waals surface area contributed by atoms with Crippen molar-refractivity contribution >= 4 is 86.7 Å². The predicted molar refractivity (Wildman–Crippen MR) is 184 cm³/mol. The lowest BCUT2D eigenvalue weighted by Gasteiger charge is -2.17. The lowest BCUT2D eigenvalue weighted by Crippen LogP contribution is -2.37. The van der Waals surface area contributed by atoms with Crippen molar-refractivity contribution in [2.75, 3.05) is 49.5 Å². The Kier molecular flexibility index (Phi) is 11.1. The van der Waals surface area contributed by atoms with Gasteiger partial charge in [0.1, 0.15) is 21.9 Å². The van der Waals surface area contributed by atoms with Crippen LogP contribution in [0.2, 0.25) is 0 Å². The van der Waals surface area contributed by atoms with Gasteiger partial charge in [0.2, 0.25) is 0 Å². The summed E-state index contributed by atoms with van der Waals surface area (Å²) in [6.45, 7) is 0. The second-order valence-corrected chi connectivity index (χ2v) is 16.1. The Labute approximate surface area is 276 Å². The molecule has 0 amide bonds. The summed E-state index contributed by atoms with van der Waals surface area (Å²) in [5, 5.41) is 2.11. The Hall–Kier alpha value is -3.54. The smallest absolute Gasteiger partial charge is 0.342 e. The lowest BCUT2D eigenvalue weighted by molar-refractivity contribution is -0.135. The maximum Gasteiger partial charge on any atom is 0.342 e. The van der Waals surface area contributed by atoms with E-state index in [9.17, 15) is 26.4 Å². The van der Waals surface area contributed by atoms with Crippen molar-refractivity contribution in [2.24, 2.45) is 11.5 Å². The van der Waals surface area contributed by atoms with E-state index in [0.29, 0.717) is 21.5 Å². The second kappa shape index (κ2) is 14.5. The Bertz CT molecular complexity index is 1840. The highest BCUT2D eigenvalue weighted by Gasteiger charge is 2.29. The van der Waals surface area contributed by atoms with Crippen LogP contribution in [0.4, 0.5) is 11.4 Å². The molecule has 0 spiro atoms. The molecule has 0 saturated heterocycles. The largest absolute Gasteiger partial charge is 0.377 e. The number of rotatable bonds is 13. The molecule has 12 nitrogen and oxygen atoms in total. The van der Waals surface area contributed by atoms with E-state index in [2.05, 4.69) is 0 Å². The fraction of sp³-hybridized carbons (Fsp3) is 0.267. The fourth-order valence-electron chi connectivity index (χ4n) is 4.55. The Morgan fingerprint density at radius 2 is 0.935 bits per heavy atom. The molecule has 4 rings (SSSR count). The van der Waals surface area contributed by atoms with Gasteiger partial charge in [-0.3, -0.25) is 0 Å². The highest BCUT2D eigenvalue weighted by atomic mass is 33.1. The second-order valence-electron chi connectivity index (χ2n) is 10.5. The van der Waals surface area contributed by atoms with Gasteiger partial charge in [0.25, 0.3) is 0 Å². The monoisotopic (exact) mass is 706 g/mol. The number of benzene rings is 4. The van der Waals surface area contributed by atoms with Gasteiger partial charge >= 0.3 is 32.2 Å². The molecule has 46 heavy (non-hydrogen) atoms. The molecule has 246 valence electrons. The number of fused-ring (bicyclic) bond motifs is 2. The third kappa shape index (κ3) is 7.87. The van der Waals surface area contributed by atoms with Gasteiger partial charge in [-0.2, -0.15) is 16.8 Å². The van der Waals surface area contributed by atoms with Crippen molar-refractivity contribution in [2.45, 2.75) is 21.9 Å². The highest BCUT2D eigenvalue weighted by Crippen LogP contribution is 2.33. The van der Waals surface area contributed by atoms with Crippen molar-refractivity contribution in [1.29, 1.82) is 0 Å². The summed E-state index contributed by atoms with van der Waals surface area (Å²) in [4.78, 5) is 28.5. The quantitative estimate of drug-likeness (QED) is 0.117. The van der Waals surface area contributed by atoms with Crippen molar-refractivity contribution < 1.29 is 34.8 Å². The summed E-state index contributed by atoms with van der Waals surface area (Å²) in [6.07, 6.45) is 0. The first-order valence-corrected chi connectivity index (χ1v) is 19.0. The van der Waals surface area contributed by atoms with Gasteiger partial charge in [-0.15, -0.1) is 0 Å². The van der Waals surface area contributed by atoms with Crippen LogP contribution in [-0.4, -0.2) is 80.6 Å². The minimum absolute atomic E-state index is 0.0797. The summed E-state index contributed by atoms with van der Waals surface area (Å²) in [5.74, 6) is -2.47. The van der Waals surface area contributed by atoms with Gasteiger partial charge in [0.05, 0.1) is 0 Å². The third-order valence-corrected chi connectivity index (χ3v) is 11.8. The number of nitrogens with two attached hydrogens (primary N) is 2.